The molecule has 5 nitrogen and oxygen atoms in total. The van der Waals surface area contributed by atoms with Crippen molar-refractivity contribution < 1.29 is 17.6 Å². The lowest BCUT2D eigenvalue weighted by Gasteiger charge is -2.10. The van der Waals surface area contributed by atoms with Crippen molar-refractivity contribution in [2.75, 3.05) is 4.72 Å². The monoisotopic (exact) mass is 369 g/mol. The summed E-state index contributed by atoms with van der Waals surface area (Å²) in [6.07, 6.45) is 2.88. The van der Waals surface area contributed by atoms with Gasteiger partial charge in [-0.2, -0.15) is 0 Å². The first-order valence-corrected chi connectivity index (χ1v) is 10.2. The van der Waals surface area contributed by atoms with E-state index in [1.807, 2.05) is 19.1 Å². The van der Waals surface area contributed by atoms with Crippen molar-refractivity contribution >= 4 is 32.5 Å². The smallest absolute Gasteiger partial charge is 0.261 e. The van der Waals surface area contributed by atoms with E-state index in [1.165, 1.54) is 0 Å². The number of benzene rings is 2. The maximum atomic E-state index is 12.6. The van der Waals surface area contributed by atoms with Crippen LogP contribution in [-0.2, 0) is 22.9 Å². The van der Waals surface area contributed by atoms with Gasteiger partial charge in [0.2, 0.25) is 0 Å². The van der Waals surface area contributed by atoms with E-state index in [0.29, 0.717) is 34.4 Å². The third kappa shape index (κ3) is 2.90. The molecule has 0 aliphatic heterocycles. The summed E-state index contributed by atoms with van der Waals surface area (Å²) in [6.45, 7) is 2.02. The summed E-state index contributed by atoms with van der Waals surface area (Å²) in [5.41, 5.74) is 2.70. The molecule has 0 fully saturated rings. The fraction of sp³-hybridized carbons (Fsp3) is 0.250. The Morgan fingerprint density at radius 1 is 1.08 bits per heavy atom. The second-order valence-electron chi connectivity index (χ2n) is 6.49. The largest absolute Gasteiger partial charge is 0.460 e. The number of rotatable bonds is 4. The molecule has 0 saturated carbocycles. The maximum Gasteiger partial charge on any atom is 0.261 e. The summed E-state index contributed by atoms with van der Waals surface area (Å²) < 4.78 is 33.6. The first-order valence-electron chi connectivity index (χ1n) is 8.68. The molecule has 0 unspecified atom stereocenters. The summed E-state index contributed by atoms with van der Waals surface area (Å²) >= 11 is 0. The van der Waals surface area contributed by atoms with Crippen LogP contribution < -0.4 is 4.72 Å². The number of hydrogen-bond acceptors (Lipinski definition) is 4. The lowest BCUT2D eigenvalue weighted by molar-refractivity contribution is 0.0971. The number of anilines is 1. The minimum Gasteiger partial charge on any atom is -0.460 e. The number of carbonyl (C=O) groups is 1. The molecule has 1 N–H and O–H groups in total. The summed E-state index contributed by atoms with van der Waals surface area (Å²) in [6, 6.07) is 11.9. The number of fused-ring (bicyclic) bond motifs is 3. The average molecular weight is 369 g/mol. The van der Waals surface area contributed by atoms with E-state index in [9.17, 15) is 13.2 Å². The minimum absolute atomic E-state index is 0.0557. The Bertz CT molecular complexity index is 1090. The van der Waals surface area contributed by atoms with Gasteiger partial charge in [0.15, 0.2) is 5.78 Å². The summed E-state index contributed by atoms with van der Waals surface area (Å²) in [7, 11) is -3.69. The van der Waals surface area contributed by atoms with Crippen LogP contribution in [0.3, 0.4) is 0 Å². The molecule has 0 spiro atoms. The molecule has 0 saturated heterocycles. The van der Waals surface area contributed by atoms with Crippen molar-refractivity contribution in [1.82, 2.24) is 0 Å². The van der Waals surface area contributed by atoms with Crippen LogP contribution >= 0.6 is 0 Å². The summed E-state index contributed by atoms with van der Waals surface area (Å²) in [4.78, 5) is 12.4. The van der Waals surface area contributed by atoms with Crippen molar-refractivity contribution in [3.63, 3.8) is 0 Å². The first kappa shape index (κ1) is 16.8. The number of hydrogen-bond donors (Lipinski definition) is 1. The van der Waals surface area contributed by atoms with Gasteiger partial charge in [0.25, 0.3) is 10.0 Å². The summed E-state index contributed by atoms with van der Waals surface area (Å²) in [5, 5.41) is 0.672. The predicted octanol–water partition coefficient (Wildman–Crippen LogP) is 4.32. The number of Topliss-reactive ketones (excluding diaryl/α,β-unsaturated/α-hetero) is 1. The van der Waals surface area contributed by atoms with Crippen LogP contribution in [-0.4, -0.2) is 14.2 Å². The van der Waals surface area contributed by atoms with E-state index in [2.05, 4.69) is 4.72 Å². The van der Waals surface area contributed by atoms with E-state index in [0.717, 1.165) is 24.8 Å². The first-order chi connectivity index (χ1) is 12.5. The van der Waals surface area contributed by atoms with E-state index >= 15 is 0 Å². The van der Waals surface area contributed by atoms with Crippen LogP contribution in [0.4, 0.5) is 5.69 Å². The zero-order valence-electron chi connectivity index (χ0n) is 14.4. The second-order valence-corrected chi connectivity index (χ2v) is 8.17. The van der Waals surface area contributed by atoms with Crippen LogP contribution in [0.15, 0.2) is 51.8 Å². The number of aryl methyl sites for hydroxylation is 2. The zero-order chi connectivity index (χ0) is 18.3. The third-order valence-electron chi connectivity index (χ3n) is 4.74. The molecule has 6 heteroatoms. The standard InChI is InChI=1S/C20H19NO4S/c1-2-13-6-9-15(10-7-13)26(23,24)21-14-8-11-18-16(12-14)20-17(22)4-3-5-19(20)25-18/h6-12,21H,2-5H2,1H3. The number of furan rings is 1. The Labute approximate surface area is 152 Å². The molecule has 0 amide bonds. The number of carbonyl (C=O) groups excluding carboxylic acids is 1. The van der Waals surface area contributed by atoms with Crippen LogP contribution in [0.25, 0.3) is 11.0 Å². The Kier molecular flexibility index (Phi) is 4.07. The maximum absolute atomic E-state index is 12.6. The van der Waals surface area contributed by atoms with Gasteiger partial charge in [-0.15, -0.1) is 0 Å². The van der Waals surface area contributed by atoms with Gasteiger partial charge in [0, 0.05) is 23.9 Å². The normalized spacial score (nSPS) is 14.4. The molecule has 26 heavy (non-hydrogen) atoms. The molecule has 1 heterocycles. The molecular formula is C20H19NO4S. The van der Waals surface area contributed by atoms with Crippen molar-refractivity contribution in [3.8, 4) is 0 Å². The predicted molar refractivity (Wildman–Crippen MR) is 100 cm³/mol. The van der Waals surface area contributed by atoms with Crippen LogP contribution in [0, 0.1) is 0 Å². The van der Waals surface area contributed by atoms with Crippen molar-refractivity contribution in [1.29, 1.82) is 0 Å². The minimum atomic E-state index is -3.69. The average Bonchev–Trinajstić information content (AvgIpc) is 3.00. The fourth-order valence-electron chi connectivity index (χ4n) is 3.35. The van der Waals surface area contributed by atoms with Gasteiger partial charge >= 0.3 is 0 Å². The molecule has 2 aromatic carbocycles. The Hall–Kier alpha value is -2.60. The topological polar surface area (TPSA) is 76.4 Å². The lowest BCUT2D eigenvalue weighted by atomic mass is 9.94. The van der Waals surface area contributed by atoms with Gasteiger partial charge in [0.1, 0.15) is 11.3 Å². The highest BCUT2D eigenvalue weighted by molar-refractivity contribution is 7.92. The van der Waals surface area contributed by atoms with Gasteiger partial charge in [-0.25, -0.2) is 8.42 Å². The van der Waals surface area contributed by atoms with E-state index in [1.54, 1.807) is 30.3 Å². The SMILES string of the molecule is CCc1ccc(S(=O)(=O)Nc2ccc3oc4c(c3c2)C(=O)CCC4)cc1. The number of ketones is 1. The molecule has 0 bridgehead atoms. The Morgan fingerprint density at radius 3 is 2.58 bits per heavy atom. The van der Waals surface area contributed by atoms with Crippen LogP contribution in [0.1, 0.15) is 41.4 Å². The lowest BCUT2D eigenvalue weighted by Crippen LogP contribution is -2.13. The van der Waals surface area contributed by atoms with Crippen molar-refractivity contribution in [2.24, 2.45) is 0 Å². The van der Waals surface area contributed by atoms with Gasteiger partial charge in [-0.1, -0.05) is 19.1 Å². The molecule has 1 aromatic heterocycles. The Balaban J connectivity index is 1.70. The Morgan fingerprint density at radius 2 is 1.85 bits per heavy atom. The molecule has 1 aliphatic rings. The van der Waals surface area contributed by atoms with E-state index < -0.39 is 10.0 Å². The van der Waals surface area contributed by atoms with E-state index in [-0.39, 0.29) is 10.7 Å². The third-order valence-corrected chi connectivity index (χ3v) is 6.14. The fourth-order valence-corrected chi connectivity index (χ4v) is 4.40. The van der Waals surface area contributed by atoms with Gasteiger partial charge in [0.05, 0.1) is 10.5 Å². The van der Waals surface area contributed by atoms with Crippen LogP contribution in [0.2, 0.25) is 0 Å². The quantitative estimate of drug-likeness (QED) is 0.743. The highest BCUT2D eigenvalue weighted by atomic mass is 32.2. The van der Waals surface area contributed by atoms with Gasteiger partial charge in [-0.05, 0) is 48.7 Å². The molecule has 0 radical (unpaired) electrons. The number of sulfonamides is 1. The zero-order valence-corrected chi connectivity index (χ0v) is 15.2. The van der Waals surface area contributed by atoms with Gasteiger partial charge < -0.3 is 4.42 Å². The molecule has 0 atom stereocenters. The van der Waals surface area contributed by atoms with Crippen molar-refractivity contribution in [3.05, 3.63) is 59.4 Å². The van der Waals surface area contributed by atoms with Crippen LogP contribution in [0.5, 0.6) is 0 Å². The van der Waals surface area contributed by atoms with E-state index in [4.69, 9.17) is 4.42 Å². The molecular weight excluding hydrogens is 350 g/mol. The molecule has 1 aliphatic carbocycles. The highest BCUT2D eigenvalue weighted by Gasteiger charge is 2.25. The molecule has 4 rings (SSSR count). The number of nitrogens with one attached hydrogen (secondary N) is 1. The second kappa shape index (κ2) is 6.29. The molecule has 134 valence electrons. The molecule has 3 aromatic rings. The van der Waals surface area contributed by atoms with Crippen molar-refractivity contribution in [2.45, 2.75) is 37.5 Å². The van der Waals surface area contributed by atoms with Gasteiger partial charge in [-0.3, -0.25) is 9.52 Å². The summed E-state index contributed by atoms with van der Waals surface area (Å²) in [5.74, 6) is 0.756. The highest BCUT2D eigenvalue weighted by Crippen LogP contribution is 2.33.